The van der Waals surface area contributed by atoms with E-state index >= 15 is 0 Å². The molecule has 1 amide bonds. The SMILES string of the molecule is O=C(C1CCCN1O)N1CCCC1. The Bertz CT molecular complexity index is 202. The quantitative estimate of drug-likeness (QED) is 0.644. The number of likely N-dealkylation sites (tertiary alicyclic amines) is 1. The van der Waals surface area contributed by atoms with Crippen molar-refractivity contribution in [1.29, 1.82) is 0 Å². The number of hydrogen-bond acceptors (Lipinski definition) is 3. The molecule has 2 heterocycles. The Morgan fingerprint density at radius 1 is 1.15 bits per heavy atom. The minimum Gasteiger partial charge on any atom is -0.341 e. The van der Waals surface area contributed by atoms with E-state index in [0.717, 1.165) is 38.8 Å². The van der Waals surface area contributed by atoms with E-state index in [1.807, 2.05) is 4.90 Å². The molecule has 0 aliphatic carbocycles. The van der Waals surface area contributed by atoms with Gasteiger partial charge in [0.2, 0.25) is 5.91 Å². The van der Waals surface area contributed by atoms with Crippen molar-refractivity contribution in [2.24, 2.45) is 0 Å². The van der Waals surface area contributed by atoms with Gasteiger partial charge in [0.15, 0.2) is 0 Å². The number of hydroxylamine groups is 2. The summed E-state index contributed by atoms with van der Waals surface area (Å²) in [5.41, 5.74) is 0. The third-order valence-corrected chi connectivity index (χ3v) is 2.93. The molecule has 1 unspecified atom stereocenters. The van der Waals surface area contributed by atoms with Crippen LogP contribution in [0.1, 0.15) is 25.7 Å². The number of carbonyl (C=O) groups excluding carboxylic acids is 1. The molecule has 0 aromatic rings. The van der Waals surface area contributed by atoms with Crippen LogP contribution in [0.4, 0.5) is 0 Å². The van der Waals surface area contributed by atoms with Gasteiger partial charge in [0.1, 0.15) is 6.04 Å². The summed E-state index contributed by atoms with van der Waals surface area (Å²) in [4.78, 5) is 13.7. The maximum atomic E-state index is 11.8. The predicted octanol–water partition coefficient (Wildman–Crippen LogP) is 0.462. The molecule has 2 saturated heterocycles. The van der Waals surface area contributed by atoms with E-state index in [1.165, 1.54) is 5.06 Å². The van der Waals surface area contributed by atoms with Crippen molar-refractivity contribution >= 4 is 5.91 Å². The molecule has 2 aliphatic heterocycles. The Hall–Kier alpha value is -0.610. The van der Waals surface area contributed by atoms with E-state index in [1.54, 1.807) is 0 Å². The van der Waals surface area contributed by atoms with Crippen LogP contribution in [0.5, 0.6) is 0 Å². The van der Waals surface area contributed by atoms with Gasteiger partial charge >= 0.3 is 0 Å². The Labute approximate surface area is 78.1 Å². The monoisotopic (exact) mass is 184 g/mol. The van der Waals surface area contributed by atoms with Crippen LogP contribution in [0, 0.1) is 0 Å². The zero-order valence-corrected chi connectivity index (χ0v) is 7.78. The summed E-state index contributed by atoms with van der Waals surface area (Å²) in [7, 11) is 0. The van der Waals surface area contributed by atoms with Gasteiger partial charge in [-0.1, -0.05) is 0 Å². The maximum Gasteiger partial charge on any atom is 0.242 e. The Kier molecular flexibility index (Phi) is 2.51. The molecule has 0 radical (unpaired) electrons. The molecule has 2 rings (SSSR count). The third kappa shape index (κ3) is 1.69. The normalized spacial score (nSPS) is 29.9. The minimum atomic E-state index is -0.252. The van der Waals surface area contributed by atoms with Crippen molar-refractivity contribution in [2.45, 2.75) is 31.7 Å². The molecule has 4 nitrogen and oxygen atoms in total. The summed E-state index contributed by atoms with van der Waals surface area (Å²) in [6.45, 7) is 2.40. The number of carbonyl (C=O) groups is 1. The molecule has 0 bridgehead atoms. The van der Waals surface area contributed by atoms with E-state index in [9.17, 15) is 10.0 Å². The lowest BCUT2D eigenvalue weighted by molar-refractivity contribution is -0.154. The molecule has 2 fully saturated rings. The molecule has 2 aliphatic rings. The predicted molar refractivity (Wildman–Crippen MR) is 47.3 cm³/mol. The van der Waals surface area contributed by atoms with Gasteiger partial charge in [0.25, 0.3) is 0 Å². The van der Waals surface area contributed by atoms with Crippen LogP contribution in [-0.2, 0) is 4.79 Å². The summed E-state index contributed by atoms with van der Waals surface area (Å²) in [5, 5.41) is 10.6. The third-order valence-electron chi connectivity index (χ3n) is 2.93. The van der Waals surface area contributed by atoms with E-state index in [-0.39, 0.29) is 11.9 Å². The fraction of sp³-hybridized carbons (Fsp3) is 0.889. The Balaban J connectivity index is 1.95. The van der Waals surface area contributed by atoms with Crippen molar-refractivity contribution in [1.82, 2.24) is 9.96 Å². The summed E-state index contributed by atoms with van der Waals surface area (Å²) >= 11 is 0. The first-order chi connectivity index (χ1) is 6.29. The van der Waals surface area contributed by atoms with Crippen molar-refractivity contribution < 1.29 is 10.0 Å². The number of amides is 1. The Morgan fingerprint density at radius 3 is 2.38 bits per heavy atom. The van der Waals surface area contributed by atoms with Gasteiger partial charge in [-0.05, 0) is 25.7 Å². The molecule has 0 aromatic carbocycles. The van der Waals surface area contributed by atoms with Crippen molar-refractivity contribution in [3.63, 3.8) is 0 Å². The highest BCUT2D eigenvalue weighted by Gasteiger charge is 2.33. The second kappa shape index (κ2) is 3.64. The second-order valence-electron chi connectivity index (χ2n) is 3.85. The van der Waals surface area contributed by atoms with Crippen LogP contribution in [0.25, 0.3) is 0 Å². The zero-order valence-electron chi connectivity index (χ0n) is 7.78. The fourth-order valence-corrected chi connectivity index (χ4v) is 2.15. The second-order valence-corrected chi connectivity index (χ2v) is 3.85. The van der Waals surface area contributed by atoms with Gasteiger partial charge in [0.05, 0.1) is 0 Å². The molecule has 1 N–H and O–H groups in total. The van der Waals surface area contributed by atoms with Crippen LogP contribution >= 0.6 is 0 Å². The lowest BCUT2D eigenvalue weighted by atomic mass is 10.2. The highest BCUT2D eigenvalue weighted by molar-refractivity contribution is 5.82. The van der Waals surface area contributed by atoms with E-state index in [2.05, 4.69) is 0 Å². The first-order valence-corrected chi connectivity index (χ1v) is 5.03. The van der Waals surface area contributed by atoms with E-state index in [0.29, 0.717) is 6.54 Å². The zero-order chi connectivity index (χ0) is 9.26. The molecule has 1 atom stereocenters. The summed E-state index contributed by atoms with van der Waals surface area (Å²) in [6, 6.07) is -0.252. The van der Waals surface area contributed by atoms with E-state index < -0.39 is 0 Å². The summed E-state index contributed by atoms with van der Waals surface area (Å²) in [6.07, 6.45) is 3.97. The van der Waals surface area contributed by atoms with Crippen LogP contribution in [-0.4, -0.2) is 46.8 Å². The van der Waals surface area contributed by atoms with Crippen molar-refractivity contribution in [3.8, 4) is 0 Å². The summed E-state index contributed by atoms with van der Waals surface area (Å²) in [5.74, 6) is 0.123. The highest BCUT2D eigenvalue weighted by Crippen LogP contribution is 2.19. The molecule has 13 heavy (non-hydrogen) atoms. The average molecular weight is 184 g/mol. The molecule has 0 saturated carbocycles. The first kappa shape index (κ1) is 8.97. The van der Waals surface area contributed by atoms with Gasteiger partial charge in [0, 0.05) is 19.6 Å². The van der Waals surface area contributed by atoms with Gasteiger partial charge < -0.3 is 10.1 Å². The lowest BCUT2D eigenvalue weighted by Gasteiger charge is -2.23. The van der Waals surface area contributed by atoms with Crippen LogP contribution < -0.4 is 0 Å². The molecular weight excluding hydrogens is 168 g/mol. The molecular formula is C9H16N2O2. The van der Waals surface area contributed by atoms with Crippen LogP contribution in [0.15, 0.2) is 0 Å². The molecule has 0 spiro atoms. The van der Waals surface area contributed by atoms with Gasteiger partial charge in [-0.3, -0.25) is 4.79 Å². The molecule has 74 valence electrons. The average Bonchev–Trinajstić information content (AvgIpc) is 2.72. The number of rotatable bonds is 1. The van der Waals surface area contributed by atoms with Crippen molar-refractivity contribution in [3.05, 3.63) is 0 Å². The van der Waals surface area contributed by atoms with Crippen molar-refractivity contribution in [2.75, 3.05) is 19.6 Å². The molecule has 0 aromatic heterocycles. The summed E-state index contributed by atoms with van der Waals surface area (Å²) < 4.78 is 0. The lowest BCUT2D eigenvalue weighted by Crippen LogP contribution is -2.43. The topological polar surface area (TPSA) is 43.8 Å². The van der Waals surface area contributed by atoms with Crippen LogP contribution in [0.3, 0.4) is 0 Å². The van der Waals surface area contributed by atoms with Crippen LogP contribution in [0.2, 0.25) is 0 Å². The highest BCUT2D eigenvalue weighted by atomic mass is 16.5. The minimum absolute atomic E-state index is 0.123. The standard InChI is InChI=1S/C9H16N2O2/c12-9(10-5-1-2-6-10)8-4-3-7-11(8)13/h8,13H,1-7H2. The maximum absolute atomic E-state index is 11.8. The van der Waals surface area contributed by atoms with Gasteiger partial charge in [-0.2, -0.15) is 5.06 Å². The largest absolute Gasteiger partial charge is 0.341 e. The van der Waals surface area contributed by atoms with Gasteiger partial charge in [-0.15, -0.1) is 0 Å². The fourth-order valence-electron chi connectivity index (χ4n) is 2.15. The van der Waals surface area contributed by atoms with E-state index in [4.69, 9.17) is 0 Å². The molecule has 4 heteroatoms. The Morgan fingerprint density at radius 2 is 1.85 bits per heavy atom. The number of nitrogens with zero attached hydrogens (tertiary/aromatic N) is 2. The first-order valence-electron chi connectivity index (χ1n) is 5.03. The van der Waals surface area contributed by atoms with Gasteiger partial charge in [-0.25, -0.2) is 0 Å². The number of hydrogen-bond donors (Lipinski definition) is 1. The smallest absolute Gasteiger partial charge is 0.242 e.